The first-order chi connectivity index (χ1) is 11.2. The Morgan fingerprint density at radius 2 is 1.22 bits per heavy atom. The molecule has 0 heterocycles. The van der Waals surface area contributed by atoms with Gasteiger partial charge in [0.15, 0.2) is 0 Å². The minimum absolute atomic E-state index is 0.286. The summed E-state index contributed by atoms with van der Waals surface area (Å²) in [5.41, 5.74) is -0.286. The highest BCUT2D eigenvalue weighted by Gasteiger charge is 2.25. The molecule has 0 aromatic heterocycles. The zero-order valence-corrected chi connectivity index (χ0v) is 15.9. The van der Waals surface area contributed by atoms with Crippen LogP contribution >= 0.6 is 0 Å². The van der Waals surface area contributed by atoms with Gasteiger partial charge in [0.05, 0.1) is 5.54 Å². The van der Waals surface area contributed by atoms with Crippen molar-refractivity contribution in [3.05, 3.63) is 12.2 Å². The lowest BCUT2D eigenvalue weighted by atomic mass is 9.86. The average Bonchev–Trinajstić information content (AvgIpc) is 2.54. The van der Waals surface area contributed by atoms with Gasteiger partial charge in [-0.05, 0) is 19.8 Å². The lowest BCUT2D eigenvalue weighted by Gasteiger charge is -2.25. The molecule has 0 aliphatic heterocycles. The zero-order chi connectivity index (χ0) is 17.2. The summed E-state index contributed by atoms with van der Waals surface area (Å²) in [4.78, 5) is 15.1. The van der Waals surface area contributed by atoms with E-state index in [1.807, 2.05) is 13.0 Å². The maximum absolute atomic E-state index is 10.9. The average molecular weight is 322 g/mol. The van der Waals surface area contributed by atoms with Gasteiger partial charge in [-0.3, -0.25) is 0 Å². The van der Waals surface area contributed by atoms with Crippen molar-refractivity contribution in [1.82, 2.24) is 0 Å². The summed E-state index contributed by atoms with van der Waals surface area (Å²) in [5.74, 6) is 0. The van der Waals surface area contributed by atoms with Crippen molar-refractivity contribution in [2.45, 2.75) is 116 Å². The van der Waals surface area contributed by atoms with Crippen molar-refractivity contribution in [1.29, 1.82) is 0 Å². The number of nitrogens with zero attached hydrogens (tertiary/aromatic N) is 1. The molecule has 0 amide bonds. The van der Waals surface area contributed by atoms with Crippen molar-refractivity contribution < 1.29 is 4.79 Å². The molecule has 0 aromatic carbocycles. The molecule has 0 bridgehead atoms. The van der Waals surface area contributed by atoms with Crippen LogP contribution in [0.4, 0.5) is 0 Å². The monoisotopic (exact) mass is 321 g/mol. The Bertz CT molecular complexity index is 313. The molecule has 23 heavy (non-hydrogen) atoms. The molecule has 0 N–H and O–H groups in total. The van der Waals surface area contributed by atoms with E-state index in [0.717, 1.165) is 25.7 Å². The second kappa shape index (κ2) is 16.0. The predicted molar refractivity (Wildman–Crippen MR) is 102 cm³/mol. The van der Waals surface area contributed by atoms with Crippen molar-refractivity contribution in [2.75, 3.05) is 0 Å². The zero-order valence-electron chi connectivity index (χ0n) is 15.9. The first-order valence-electron chi connectivity index (χ1n) is 9.97. The van der Waals surface area contributed by atoms with Crippen LogP contribution in [-0.2, 0) is 4.79 Å². The van der Waals surface area contributed by atoms with Crippen molar-refractivity contribution in [3.8, 4) is 0 Å². The van der Waals surface area contributed by atoms with E-state index in [1.165, 1.54) is 64.2 Å². The Morgan fingerprint density at radius 1 is 0.783 bits per heavy atom. The minimum atomic E-state index is -0.286. The number of aliphatic imine (C=N–C) groups is 1. The quantitative estimate of drug-likeness (QED) is 0.128. The Kier molecular flexibility index (Phi) is 15.4. The maximum atomic E-state index is 10.9. The van der Waals surface area contributed by atoms with E-state index in [4.69, 9.17) is 0 Å². The molecule has 0 aliphatic rings. The van der Waals surface area contributed by atoms with Crippen LogP contribution in [0, 0.1) is 0 Å². The number of allylic oxidation sites excluding steroid dienone is 1. The second-order valence-corrected chi connectivity index (χ2v) is 6.84. The number of isocyanates is 1. The van der Waals surface area contributed by atoms with Gasteiger partial charge in [0.2, 0.25) is 6.08 Å². The summed E-state index contributed by atoms with van der Waals surface area (Å²) in [5, 5.41) is 0. The number of carbonyl (C=O) groups excluding carboxylic acids is 1. The molecule has 0 radical (unpaired) electrons. The van der Waals surface area contributed by atoms with Crippen LogP contribution in [-0.4, -0.2) is 11.6 Å². The highest BCUT2D eigenvalue weighted by atomic mass is 16.1. The van der Waals surface area contributed by atoms with E-state index in [-0.39, 0.29) is 5.54 Å². The van der Waals surface area contributed by atoms with Gasteiger partial charge in [-0.15, -0.1) is 0 Å². The predicted octanol–water partition coefficient (Wildman–Crippen LogP) is 7.14. The standard InChI is InChI=1S/C21H39NO/c1-4-7-9-11-13-15-18-21(17-6-3,22-20-23)19-16-14-12-10-8-5-2/h6,17H,4-5,7-16,18-19H2,1-3H3. The molecule has 0 unspecified atom stereocenters. The second-order valence-electron chi connectivity index (χ2n) is 6.84. The van der Waals surface area contributed by atoms with Gasteiger partial charge in [-0.25, -0.2) is 4.79 Å². The molecular formula is C21H39NO. The summed E-state index contributed by atoms with van der Waals surface area (Å²) < 4.78 is 0. The molecule has 0 aromatic rings. The van der Waals surface area contributed by atoms with Gasteiger partial charge >= 0.3 is 0 Å². The van der Waals surface area contributed by atoms with Gasteiger partial charge in [0.25, 0.3) is 0 Å². The third kappa shape index (κ3) is 12.2. The van der Waals surface area contributed by atoms with Crippen LogP contribution in [0.25, 0.3) is 0 Å². The van der Waals surface area contributed by atoms with Crippen LogP contribution in [0.3, 0.4) is 0 Å². The fourth-order valence-corrected chi connectivity index (χ4v) is 3.26. The largest absolute Gasteiger partial charge is 0.235 e. The molecule has 0 fully saturated rings. The van der Waals surface area contributed by atoms with Crippen molar-refractivity contribution >= 4 is 6.08 Å². The molecule has 134 valence electrons. The number of unbranched alkanes of at least 4 members (excludes halogenated alkanes) is 10. The van der Waals surface area contributed by atoms with Gasteiger partial charge < -0.3 is 0 Å². The topological polar surface area (TPSA) is 29.4 Å². The number of hydrogen-bond acceptors (Lipinski definition) is 2. The highest BCUT2D eigenvalue weighted by molar-refractivity contribution is 5.36. The van der Waals surface area contributed by atoms with Crippen LogP contribution in [0.5, 0.6) is 0 Å². The summed E-state index contributed by atoms with van der Waals surface area (Å²) in [7, 11) is 0. The van der Waals surface area contributed by atoms with Gasteiger partial charge in [0.1, 0.15) is 0 Å². The molecule has 2 nitrogen and oxygen atoms in total. The van der Waals surface area contributed by atoms with E-state index in [0.29, 0.717) is 0 Å². The Morgan fingerprint density at radius 3 is 1.61 bits per heavy atom. The van der Waals surface area contributed by atoms with Crippen molar-refractivity contribution in [3.63, 3.8) is 0 Å². The van der Waals surface area contributed by atoms with Gasteiger partial charge in [-0.1, -0.05) is 103 Å². The third-order valence-electron chi connectivity index (χ3n) is 4.67. The maximum Gasteiger partial charge on any atom is 0.235 e. The van der Waals surface area contributed by atoms with E-state index in [1.54, 1.807) is 0 Å². The van der Waals surface area contributed by atoms with Crippen LogP contribution < -0.4 is 0 Å². The van der Waals surface area contributed by atoms with Crippen LogP contribution in [0.15, 0.2) is 17.1 Å². The van der Waals surface area contributed by atoms with E-state index < -0.39 is 0 Å². The summed E-state index contributed by atoms with van der Waals surface area (Å²) in [6.45, 7) is 6.52. The first kappa shape index (κ1) is 22.1. The normalized spacial score (nSPS) is 11.8. The summed E-state index contributed by atoms with van der Waals surface area (Å²) in [6, 6.07) is 0. The smallest absolute Gasteiger partial charge is 0.211 e. The molecular weight excluding hydrogens is 282 g/mol. The van der Waals surface area contributed by atoms with Crippen molar-refractivity contribution in [2.24, 2.45) is 4.99 Å². The molecule has 2 heteroatoms. The Balaban J connectivity index is 4.26. The number of rotatable bonds is 16. The lowest BCUT2D eigenvalue weighted by Crippen LogP contribution is -2.23. The summed E-state index contributed by atoms with van der Waals surface area (Å²) in [6.07, 6.45) is 23.4. The lowest BCUT2D eigenvalue weighted by molar-refractivity contribution is 0.402. The fraction of sp³-hybridized carbons (Fsp3) is 0.857. The third-order valence-corrected chi connectivity index (χ3v) is 4.67. The van der Waals surface area contributed by atoms with Crippen LogP contribution in [0.1, 0.15) is 111 Å². The first-order valence-corrected chi connectivity index (χ1v) is 9.97. The van der Waals surface area contributed by atoms with Crippen LogP contribution in [0.2, 0.25) is 0 Å². The highest BCUT2D eigenvalue weighted by Crippen LogP contribution is 2.28. The minimum Gasteiger partial charge on any atom is -0.211 e. The Hall–Kier alpha value is -0.880. The molecule has 0 atom stereocenters. The molecule has 0 spiro atoms. The SMILES string of the molecule is CC=CC(CCCCCCCC)(CCCCCCCC)N=C=O. The Labute approximate surface area is 144 Å². The fourth-order valence-electron chi connectivity index (χ4n) is 3.26. The molecule has 0 saturated carbocycles. The van der Waals surface area contributed by atoms with Gasteiger partial charge in [-0.2, -0.15) is 4.99 Å². The van der Waals surface area contributed by atoms with Gasteiger partial charge in [0, 0.05) is 0 Å². The van der Waals surface area contributed by atoms with E-state index in [2.05, 4.69) is 31.0 Å². The van der Waals surface area contributed by atoms with E-state index in [9.17, 15) is 4.79 Å². The number of hydrogen-bond donors (Lipinski definition) is 0. The van der Waals surface area contributed by atoms with E-state index >= 15 is 0 Å². The summed E-state index contributed by atoms with van der Waals surface area (Å²) >= 11 is 0. The molecule has 0 rings (SSSR count). The molecule has 0 aliphatic carbocycles. The molecule has 0 saturated heterocycles.